The maximum atomic E-state index is 9.41. The summed E-state index contributed by atoms with van der Waals surface area (Å²) in [5.41, 5.74) is 0. The summed E-state index contributed by atoms with van der Waals surface area (Å²) in [7, 11) is 1.58. The van der Waals surface area contributed by atoms with Crippen molar-refractivity contribution in [3.8, 4) is 5.88 Å². The minimum atomic E-state index is -0.119. The minimum Gasteiger partial charge on any atom is -0.481 e. The summed E-state index contributed by atoms with van der Waals surface area (Å²) in [4.78, 5) is 8.04. The van der Waals surface area contributed by atoms with E-state index in [1.54, 1.807) is 13.2 Å². The molecule has 1 heterocycles. The number of aliphatic hydroxyl groups is 1. The van der Waals surface area contributed by atoms with Crippen LogP contribution in [0.2, 0.25) is 0 Å². The summed E-state index contributed by atoms with van der Waals surface area (Å²) < 4.78 is 5.01. The first-order chi connectivity index (χ1) is 7.78. The number of ether oxygens (including phenoxy) is 1. The number of nitrogens with one attached hydrogen (secondary N) is 1. The van der Waals surface area contributed by atoms with Crippen LogP contribution in [0.3, 0.4) is 0 Å². The molecule has 88 valence electrons. The van der Waals surface area contributed by atoms with Crippen LogP contribution in [-0.2, 0) is 0 Å². The molecule has 2 unspecified atom stereocenters. The normalized spacial score (nSPS) is 24.4. The van der Waals surface area contributed by atoms with Crippen molar-refractivity contribution in [3.05, 3.63) is 12.4 Å². The second-order valence-electron chi connectivity index (χ2n) is 4.16. The van der Waals surface area contributed by atoms with Gasteiger partial charge in [0.15, 0.2) is 0 Å². The number of aromatic nitrogens is 2. The van der Waals surface area contributed by atoms with E-state index >= 15 is 0 Å². The van der Waals surface area contributed by atoms with Gasteiger partial charge in [0.05, 0.1) is 13.2 Å². The average Bonchev–Trinajstić information content (AvgIpc) is 2.73. The molecule has 0 amide bonds. The van der Waals surface area contributed by atoms with Gasteiger partial charge in [-0.1, -0.05) is 0 Å². The molecule has 5 heteroatoms. The number of methoxy groups -OCH3 is 1. The molecular weight excluding hydrogens is 206 g/mol. The second-order valence-corrected chi connectivity index (χ2v) is 4.16. The maximum Gasteiger partial charge on any atom is 0.218 e. The minimum absolute atomic E-state index is 0.119. The fraction of sp³-hybridized carbons (Fsp3) is 0.636. The standard InChI is InChI=1S/C11H17N3O2/c1-16-11-5-10(13-7-14-11)12-6-8-2-3-9(15)4-8/h5,7-9,15H,2-4,6H2,1H3,(H,12,13,14). The maximum absolute atomic E-state index is 9.41. The Morgan fingerprint density at radius 3 is 3.06 bits per heavy atom. The van der Waals surface area contributed by atoms with Gasteiger partial charge in [0.2, 0.25) is 5.88 Å². The first-order valence-electron chi connectivity index (χ1n) is 5.56. The van der Waals surface area contributed by atoms with Gasteiger partial charge in [-0.15, -0.1) is 0 Å². The van der Waals surface area contributed by atoms with Crippen molar-refractivity contribution in [1.29, 1.82) is 0 Å². The predicted octanol–water partition coefficient (Wildman–Crippen LogP) is 1.06. The van der Waals surface area contributed by atoms with Crippen LogP contribution >= 0.6 is 0 Å². The number of rotatable bonds is 4. The number of nitrogens with zero attached hydrogens (tertiary/aromatic N) is 2. The van der Waals surface area contributed by atoms with E-state index in [2.05, 4.69) is 15.3 Å². The second kappa shape index (κ2) is 5.12. The largest absolute Gasteiger partial charge is 0.481 e. The van der Waals surface area contributed by atoms with Gasteiger partial charge in [-0.3, -0.25) is 0 Å². The van der Waals surface area contributed by atoms with E-state index in [1.807, 2.05) is 0 Å². The third kappa shape index (κ3) is 2.82. The van der Waals surface area contributed by atoms with Crippen LogP contribution in [0.1, 0.15) is 19.3 Å². The first kappa shape index (κ1) is 11.1. The molecule has 0 saturated heterocycles. The van der Waals surface area contributed by atoms with E-state index in [9.17, 15) is 5.11 Å². The summed E-state index contributed by atoms with van der Waals surface area (Å²) in [5.74, 6) is 1.87. The quantitative estimate of drug-likeness (QED) is 0.798. The molecule has 1 aromatic heterocycles. The van der Waals surface area contributed by atoms with Crippen LogP contribution < -0.4 is 10.1 Å². The van der Waals surface area contributed by atoms with Crippen LogP contribution in [0.15, 0.2) is 12.4 Å². The van der Waals surface area contributed by atoms with E-state index in [0.29, 0.717) is 11.8 Å². The molecule has 1 saturated carbocycles. The predicted molar refractivity (Wildman–Crippen MR) is 60.4 cm³/mol. The van der Waals surface area contributed by atoms with Crippen LogP contribution in [0.4, 0.5) is 5.82 Å². The lowest BCUT2D eigenvalue weighted by atomic mass is 10.1. The summed E-state index contributed by atoms with van der Waals surface area (Å²) in [6, 6.07) is 1.77. The molecule has 1 aromatic rings. The molecule has 0 aliphatic heterocycles. The van der Waals surface area contributed by atoms with Gasteiger partial charge in [-0.25, -0.2) is 9.97 Å². The van der Waals surface area contributed by atoms with Crippen molar-refractivity contribution in [3.63, 3.8) is 0 Å². The van der Waals surface area contributed by atoms with Crippen molar-refractivity contribution in [2.75, 3.05) is 19.0 Å². The Morgan fingerprint density at radius 1 is 1.50 bits per heavy atom. The third-order valence-electron chi connectivity index (χ3n) is 2.94. The molecule has 1 aliphatic rings. The number of anilines is 1. The topological polar surface area (TPSA) is 67.3 Å². The van der Waals surface area contributed by atoms with Gasteiger partial charge in [0.25, 0.3) is 0 Å². The van der Waals surface area contributed by atoms with E-state index < -0.39 is 0 Å². The molecule has 2 N–H and O–H groups in total. The molecule has 0 bridgehead atoms. The van der Waals surface area contributed by atoms with E-state index in [-0.39, 0.29) is 6.10 Å². The van der Waals surface area contributed by atoms with Gasteiger partial charge in [-0.05, 0) is 25.2 Å². The summed E-state index contributed by atoms with van der Waals surface area (Å²) in [6.07, 6.45) is 4.24. The fourth-order valence-corrected chi connectivity index (χ4v) is 2.03. The highest BCUT2D eigenvalue weighted by Gasteiger charge is 2.22. The Hall–Kier alpha value is -1.36. The van der Waals surface area contributed by atoms with Gasteiger partial charge in [0, 0.05) is 12.6 Å². The number of hydrogen-bond donors (Lipinski definition) is 2. The average molecular weight is 223 g/mol. The fourth-order valence-electron chi connectivity index (χ4n) is 2.03. The van der Waals surface area contributed by atoms with Gasteiger partial charge >= 0.3 is 0 Å². The Morgan fingerprint density at radius 2 is 2.38 bits per heavy atom. The zero-order valence-corrected chi connectivity index (χ0v) is 9.39. The lowest BCUT2D eigenvalue weighted by Gasteiger charge is -2.11. The molecule has 0 spiro atoms. The molecular formula is C11H17N3O2. The summed E-state index contributed by atoms with van der Waals surface area (Å²) in [6.45, 7) is 0.844. The van der Waals surface area contributed by atoms with E-state index in [1.165, 1.54) is 6.33 Å². The molecule has 0 radical (unpaired) electrons. The van der Waals surface area contributed by atoms with E-state index in [4.69, 9.17) is 4.74 Å². The zero-order valence-electron chi connectivity index (χ0n) is 9.39. The summed E-state index contributed by atoms with van der Waals surface area (Å²) in [5, 5.41) is 12.6. The highest BCUT2D eigenvalue weighted by atomic mass is 16.5. The Kier molecular flexibility index (Phi) is 3.56. The molecule has 2 atom stereocenters. The first-order valence-corrected chi connectivity index (χ1v) is 5.56. The van der Waals surface area contributed by atoms with Gasteiger partial charge < -0.3 is 15.2 Å². The van der Waals surface area contributed by atoms with Crippen LogP contribution in [0.25, 0.3) is 0 Å². The van der Waals surface area contributed by atoms with Crippen LogP contribution in [0.5, 0.6) is 5.88 Å². The Balaban J connectivity index is 1.84. The van der Waals surface area contributed by atoms with Crippen LogP contribution in [0, 0.1) is 5.92 Å². The SMILES string of the molecule is COc1cc(NCC2CCC(O)C2)ncn1. The molecule has 1 fully saturated rings. The lowest BCUT2D eigenvalue weighted by molar-refractivity contribution is 0.178. The smallest absolute Gasteiger partial charge is 0.218 e. The monoisotopic (exact) mass is 223 g/mol. The highest BCUT2D eigenvalue weighted by molar-refractivity contribution is 5.36. The van der Waals surface area contributed by atoms with E-state index in [0.717, 1.165) is 31.6 Å². The highest BCUT2D eigenvalue weighted by Crippen LogP contribution is 2.25. The molecule has 0 aromatic carbocycles. The van der Waals surface area contributed by atoms with Crippen LogP contribution in [-0.4, -0.2) is 34.8 Å². The molecule has 1 aliphatic carbocycles. The third-order valence-corrected chi connectivity index (χ3v) is 2.94. The zero-order chi connectivity index (χ0) is 11.4. The molecule has 5 nitrogen and oxygen atoms in total. The summed E-state index contributed by atoms with van der Waals surface area (Å²) >= 11 is 0. The van der Waals surface area contributed by atoms with Gasteiger partial charge in [0.1, 0.15) is 12.1 Å². The molecule has 16 heavy (non-hydrogen) atoms. The number of hydrogen-bond acceptors (Lipinski definition) is 5. The van der Waals surface area contributed by atoms with Crippen molar-refractivity contribution in [2.24, 2.45) is 5.92 Å². The van der Waals surface area contributed by atoms with Crippen molar-refractivity contribution in [1.82, 2.24) is 9.97 Å². The number of aliphatic hydroxyl groups excluding tert-OH is 1. The lowest BCUT2D eigenvalue weighted by Crippen LogP contribution is -2.13. The van der Waals surface area contributed by atoms with Crippen molar-refractivity contribution in [2.45, 2.75) is 25.4 Å². The molecule has 2 rings (SSSR count). The van der Waals surface area contributed by atoms with Crippen molar-refractivity contribution < 1.29 is 9.84 Å². The Bertz CT molecular complexity index is 346. The van der Waals surface area contributed by atoms with Gasteiger partial charge in [-0.2, -0.15) is 0 Å². The van der Waals surface area contributed by atoms with Crippen molar-refractivity contribution >= 4 is 5.82 Å². The Labute approximate surface area is 94.9 Å².